The van der Waals surface area contributed by atoms with Gasteiger partial charge in [0.2, 0.25) is 0 Å². The van der Waals surface area contributed by atoms with Gasteiger partial charge in [-0.15, -0.1) is 5.10 Å². The van der Waals surface area contributed by atoms with Crippen molar-refractivity contribution in [3.05, 3.63) is 18.2 Å². The summed E-state index contributed by atoms with van der Waals surface area (Å²) >= 11 is 0. The first kappa shape index (κ1) is 9.02. The predicted octanol–water partition coefficient (Wildman–Crippen LogP) is -0.567. The van der Waals surface area contributed by atoms with Crippen LogP contribution in [0.1, 0.15) is 11.9 Å². The first-order valence-electron chi connectivity index (χ1n) is 3.74. The molecule has 1 heterocycles. The molecule has 1 atom stereocenters. The first-order chi connectivity index (χ1) is 5.70. The fourth-order valence-electron chi connectivity index (χ4n) is 0.903. The molecule has 0 aliphatic heterocycles. The number of hydrogen-bond acceptors (Lipinski definition) is 5. The summed E-state index contributed by atoms with van der Waals surface area (Å²) in [5.41, 5.74) is 5.79. The summed E-state index contributed by atoms with van der Waals surface area (Å²) < 4.78 is 0. The molecule has 0 spiro atoms. The van der Waals surface area contributed by atoms with E-state index in [1.54, 1.807) is 6.20 Å². The highest BCUT2D eigenvalue weighted by Gasteiger charge is 2.09. The SMILES string of the molecule is CN(C)CC(N)c1nccnn1. The van der Waals surface area contributed by atoms with Gasteiger partial charge in [-0.05, 0) is 14.1 Å². The molecular weight excluding hydrogens is 154 g/mol. The van der Waals surface area contributed by atoms with E-state index in [0.29, 0.717) is 5.82 Å². The molecular formula is C7H13N5. The quantitative estimate of drug-likeness (QED) is 0.653. The molecule has 1 aromatic rings. The van der Waals surface area contributed by atoms with E-state index in [9.17, 15) is 0 Å². The zero-order chi connectivity index (χ0) is 8.97. The predicted molar refractivity (Wildman–Crippen MR) is 45.3 cm³/mol. The lowest BCUT2D eigenvalue weighted by Crippen LogP contribution is -2.27. The van der Waals surface area contributed by atoms with E-state index in [4.69, 9.17) is 5.73 Å². The molecule has 0 aliphatic carbocycles. The van der Waals surface area contributed by atoms with Crippen LogP contribution in [-0.4, -0.2) is 40.7 Å². The van der Waals surface area contributed by atoms with Gasteiger partial charge >= 0.3 is 0 Å². The maximum Gasteiger partial charge on any atom is 0.169 e. The Labute approximate surface area is 71.6 Å². The molecule has 12 heavy (non-hydrogen) atoms. The fraction of sp³-hybridized carbons (Fsp3) is 0.571. The molecule has 0 bridgehead atoms. The normalized spacial score (nSPS) is 13.3. The minimum atomic E-state index is -0.159. The van der Waals surface area contributed by atoms with Crippen molar-refractivity contribution in [1.29, 1.82) is 0 Å². The van der Waals surface area contributed by atoms with Crippen molar-refractivity contribution < 1.29 is 0 Å². The van der Waals surface area contributed by atoms with Crippen molar-refractivity contribution in [3.63, 3.8) is 0 Å². The number of likely N-dealkylation sites (N-methyl/N-ethyl adjacent to an activating group) is 1. The van der Waals surface area contributed by atoms with Gasteiger partial charge in [0.15, 0.2) is 5.82 Å². The van der Waals surface area contributed by atoms with Gasteiger partial charge in [-0.3, -0.25) is 0 Å². The van der Waals surface area contributed by atoms with E-state index < -0.39 is 0 Å². The lowest BCUT2D eigenvalue weighted by molar-refractivity contribution is 0.368. The molecule has 1 unspecified atom stereocenters. The average Bonchev–Trinajstić information content (AvgIpc) is 2.05. The molecule has 0 aromatic carbocycles. The van der Waals surface area contributed by atoms with Crippen LogP contribution >= 0.6 is 0 Å². The van der Waals surface area contributed by atoms with Crippen molar-refractivity contribution in [3.8, 4) is 0 Å². The van der Waals surface area contributed by atoms with Crippen LogP contribution in [0.4, 0.5) is 0 Å². The van der Waals surface area contributed by atoms with E-state index in [1.807, 2.05) is 19.0 Å². The van der Waals surface area contributed by atoms with Crippen molar-refractivity contribution in [2.75, 3.05) is 20.6 Å². The number of hydrogen-bond donors (Lipinski definition) is 1. The molecule has 0 aliphatic rings. The molecule has 5 nitrogen and oxygen atoms in total. The summed E-state index contributed by atoms with van der Waals surface area (Å²) in [4.78, 5) is 5.99. The highest BCUT2D eigenvalue weighted by atomic mass is 15.2. The fourth-order valence-corrected chi connectivity index (χ4v) is 0.903. The Balaban J connectivity index is 2.59. The zero-order valence-corrected chi connectivity index (χ0v) is 7.31. The van der Waals surface area contributed by atoms with E-state index in [0.717, 1.165) is 6.54 Å². The van der Waals surface area contributed by atoms with Gasteiger partial charge in [0.1, 0.15) is 0 Å². The summed E-state index contributed by atoms with van der Waals surface area (Å²) in [5, 5.41) is 7.52. The smallest absolute Gasteiger partial charge is 0.169 e. The Morgan fingerprint density at radius 1 is 1.50 bits per heavy atom. The molecule has 0 saturated heterocycles. The number of aromatic nitrogens is 3. The number of nitrogens with two attached hydrogens (primary N) is 1. The third-order valence-corrected chi connectivity index (χ3v) is 1.39. The van der Waals surface area contributed by atoms with Crippen LogP contribution < -0.4 is 5.73 Å². The molecule has 0 saturated carbocycles. The Kier molecular flexibility index (Phi) is 3.07. The molecule has 0 fully saturated rings. The Bertz CT molecular complexity index is 222. The minimum Gasteiger partial charge on any atom is -0.320 e. The van der Waals surface area contributed by atoms with E-state index in [-0.39, 0.29) is 6.04 Å². The monoisotopic (exact) mass is 167 g/mol. The number of rotatable bonds is 3. The van der Waals surface area contributed by atoms with Gasteiger partial charge in [-0.25, -0.2) is 4.98 Å². The zero-order valence-electron chi connectivity index (χ0n) is 7.31. The third kappa shape index (κ3) is 2.52. The first-order valence-corrected chi connectivity index (χ1v) is 3.74. The van der Waals surface area contributed by atoms with Gasteiger partial charge in [-0.2, -0.15) is 5.10 Å². The van der Waals surface area contributed by atoms with Gasteiger partial charge in [-0.1, -0.05) is 0 Å². The molecule has 66 valence electrons. The van der Waals surface area contributed by atoms with E-state index in [2.05, 4.69) is 15.2 Å². The second-order valence-electron chi connectivity index (χ2n) is 2.87. The van der Waals surface area contributed by atoms with Crippen LogP contribution in [0.3, 0.4) is 0 Å². The third-order valence-electron chi connectivity index (χ3n) is 1.39. The summed E-state index contributed by atoms with van der Waals surface area (Å²) in [6.07, 6.45) is 3.13. The van der Waals surface area contributed by atoms with Gasteiger partial charge in [0, 0.05) is 12.7 Å². The molecule has 1 aromatic heterocycles. The standard InChI is InChI=1S/C7H13N5/c1-12(2)5-6(8)7-9-3-4-10-11-7/h3-4,6H,5,8H2,1-2H3. The van der Waals surface area contributed by atoms with Crippen molar-refractivity contribution in [2.24, 2.45) is 5.73 Å². The van der Waals surface area contributed by atoms with Crippen molar-refractivity contribution >= 4 is 0 Å². The Morgan fingerprint density at radius 2 is 2.25 bits per heavy atom. The van der Waals surface area contributed by atoms with Crippen molar-refractivity contribution in [1.82, 2.24) is 20.1 Å². The highest BCUT2D eigenvalue weighted by Crippen LogP contribution is 2.01. The van der Waals surface area contributed by atoms with Crippen LogP contribution in [0.5, 0.6) is 0 Å². The van der Waals surface area contributed by atoms with Crippen LogP contribution in [0.25, 0.3) is 0 Å². The second-order valence-corrected chi connectivity index (χ2v) is 2.87. The summed E-state index contributed by atoms with van der Waals surface area (Å²) in [6.45, 7) is 0.728. The largest absolute Gasteiger partial charge is 0.320 e. The van der Waals surface area contributed by atoms with Gasteiger partial charge < -0.3 is 10.6 Å². The molecule has 2 N–H and O–H groups in total. The lowest BCUT2D eigenvalue weighted by Gasteiger charge is -2.14. The maximum atomic E-state index is 5.79. The maximum absolute atomic E-state index is 5.79. The van der Waals surface area contributed by atoms with E-state index >= 15 is 0 Å². The van der Waals surface area contributed by atoms with Gasteiger partial charge in [0.05, 0.1) is 12.2 Å². The molecule has 0 amide bonds. The summed E-state index contributed by atoms with van der Waals surface area (Å²) in [7, 11) is 3.91. The Hall–Kier alpha value is -1.07. The topological polar surface area (TPSA) is 67.9 Å². The van der Waals surface area contributed by atoms with Crippen molar-refractivity contribution in [2.45, 2.75) is 6.04 Å². The molecule has 5 heteroatoms. The number of nitrogens with zero attached hydrogens (tertiary/aromatic N) is 4. The van der Waals surface area contributed by atoms with E-state index in [1.165, 1.54) is 6.20 Å². The van der Waals surface area contributed by atoms with Crippen LogP contribution in [0.15, 0.2) is 12.4 Å². The van der Waals surface area contributed by atoms with Crippen LogP contribution in [-0.2, 0) is 0 Å². The van der Waals surface area contributed by atoms with Gasteiger partial charge in [0.25, 0.3) is 0 Å². The summed E-state index contributed by atoms with van der Waals surface area (Å²) in [6, 6.07) is -0.159. The van der Waals surface area contributed by atoms with Crippen LogP contribution in [0.2, 0.25) is 0 Å². The highest BCUT2D eigenvalue weighted by molar-refractivity contribution is 4.90. The lowest BCUT2D eigenvalue weighted by atomic mass is 10.3. The van der Waals surface area contributed by atoms with Crippen LogP contribution in [0, 0.1) is 0 Å². The molecule has 1 rings (SSSR count). The molecule has 0 radical (unpaired) electrons. The second kappa shape index (κ2) is 4.08. The average molecular weight is 167 g/mol. The summed E-state index contributed by atoms with van der Waals surface area (Å²) in [5.74, 6) is 0.589. The minimum absolute atomic E-state index is 0.159. The Morgan fingerprint density at radius 3 is 2.75 bits per heavy atom.